The SMILES string of the molecule is CC(=O)Nc1ccc(OC(=O)c2ccccc2O)cc1.[H-].[Na+]. The minimum Gasteiger partial charge on any atom is -1.00 e. The number of benzene rings is 2. The standard InChI is InChI=1S/C15H13NO4.Na.H/c1-10(17)16-11-6-8-12(9-7-11)20-15(19)13-4-2-3-5-14(13)18;;/h2-9,18H,1H3,(H,16,17);;/q;+1;-1. The summed E-state index contributed by atoms with van der Waals surface area (Å²) in [5.41, 5.74) is 0.707. The van der Waals surface area contributed by atoms with Crippen molar-refractivity contribution in [3.05, 3.63) is 54.1 Å². The van der Waals surface area contributed by atoms with Crippen molar-refractivity contribution in [2.24, 2.45) is 0 Å². The number of esters is 1. The molecule has 0 unspecified atom stereocenters. The molecule has 104 valence electrons. The maximum Gasteiger partial charge on any atom is 1.00 e. The van der Waals surface area contributed by atoms with Crippen LogP contribution in [0.1, 0.15) is 18.7 Å². The third-order valence-electron chi connectivity index (χ3n) is 2.51. The van der Waals surface area contributed by atoms with Crippen LogP contribution in [-0.4, -0.2) is 17.0 Å². The van der Waals surface area contributed by atoms with Crippen LogP contribution in [0.15, 0.2) is 48.5 Å². The van der Waals surface area contributed by atoms with Gasteiger partial charge in [-0.05, 0) is 36.4 Å². The molecule has 0 atom stereocenters. The van der Waals surface area contributed by atoms with E-state index in [2.05, 4.69) is 5.32 Å². The average Bonchev–Trinajstić information content (AvgIpc) is 2.41. The van der Waals surface area contributed by atoms with E-state index in [1.54, 1.807) is 36.4 Å². The summed E-state index contributed by atoms with van der Waals surface area (Å²) in [6.07, 6.45) is 0. The van der Waals surface area contributed by atoms with Gasteiger partial charge in [0.2, 0.25) is 5.91 Å². The molecule has 2 aromatic rings. The van der Waals surface area contributed by atoms with E-state index < -0.39 is 5.97 Å². The topological polar surface area (TPSA) is 75.6 Å². The Hall–Kier alpha value is -1.82. The molecule has 0 aliphatic carbocycles. The zero-order valence-electron chi connectivity index (χ0n) is 12.8. The predicted octanol–water partition coefficient (Wildman–Crippen LogP) is -0.314. The quantitative estimate of drug-likeness (QED) is 0.462. The summed E-state index contributed by atoms with van der Waals surface area (Å²) in [6.45, 7) is 1.41. The van der Waals surface area contributed by atoms with E-state index in [-0.39, 0.29) is 48.2 Å². The van der Waals surface area contributed by atoms with Crippen LogP contribution in [0.5, 0.6) is 11.5 Å². The van der Waals surface area contributed by atoms with Crippen molar-refractivity contribution < 1.29 is 50.4 Å². The van der Waals surface area contributed by atoms with Gasteiger partial charge in [0.1, 0.15) is 17.1 Å². The number of para-hydroxylation sites is 1. The van der Waals surface area contributed by atoms with Crippen molar-refractivity contribution >= 4 is 17.6 Å². The van der Waals surface area contributed by atoms with E-state index in [9.17, 15) is 14.7 Å². The van der Waals surface area contributed by atoms with Gasteiger partial charge in [-0.2, -0.15) is 0 Å². The van der Waals surface area contributed by atoms with Gasteiger partial charge in [0.25, 0.3) is 0 Å². The first-order valence-electron chi connectivity index (χ1n) is 5.94. The molecule has 6 heteroatoms. The first-order valence-corrected chi connectivity index (χ1v) is 5.94. The number of hydrogen-bond donors (Lipinski definition) is 2. The smallest absolute Gasteiger partial charge is 1.00 e. The van der Waals surface area contributed by atoms with Crippen molar-refractivity contribution in [3.63, 3.8) is 0 Å². The number of aromatic hydroxyl groups is 1. The number of nitrogens with one attached hydrogen (secondary N) is 1. The van der Waals surface area contributed by atoms with Gasteiger partial charge in [-0.1, -0.05) is 12.1 Å². The van der Waals surface area contributed by atoms with Crippen LogP contribution in [0.4, 0.5) is 5.69 Å². The Bertz CT molecular complexity index is 646. The predicted molar refractivity (Wildman–Crippen MR) is 74.9 cm³/mol. The van der Waals surface area contributed by atoms with Crippen LogP contribution >= 0.6 is 0 Å². The summed E-state index contributed by atoms with van der Waals surface area (Å²) in [5.74, 6) is -0.626. The van der Waals surface area contributed by atoms with E-state index in [0.717, 1.165) is 0 Å². The second kappa shape index (κ2) is 7.83. The van der Waals surface area contributed by atoms with Crippen molar-refractivity contribution in [2.45, 2.75) is 6.92 Å². The average molecular weight is 295 g/mol. The van der Waals surface area contributed by atoms with Crippen LogP contribution in [0.3, 0.4) is 0 Å². The number of rotatable bonds is 3. The second-order valence-corrected chi connectivity index (χ2v) is 4.11. The zero-order chi connectivity index (χ0) is 14.5. The van der Waals surface area contributed by atoms with Gasteiger partial charge in [-0.15, -0.1) is 0 Å². The number of ether oxygens (including phenoxy) is 1. The number of phenolic OH excluding ortho intramolecular Hbond substituents is 1. The number of anilines is 1. The molecule has 0 aliphatic heterocycles. The first kappa shape index (κ1) is 17.2. The molecular weight excluding hydrogens is 281 g/mol. The fourth-order valence-electron chi connectivity index (χ4n) is 1.62. The number of carbonyl (C=O) groups excluding carboxylic acids is 2. The number of amides is 1. The van der Waals surface area contributed by atoms with E-state index in [4.69, 9.17) is 4.74 Å². The summed E-state index contributed by atoms with van der Waals surface area (Å²) in [4.78, 5) is 22.7. The van der Waals surface area contributed by atoms with Crippen LogP contribution in [0, 0.1) is 0 Å². The van der Waals surface area contributed by atoms with E-state index in [0.29, 0.717) is 11.4 Å². The van der Waals surface area contributed by atoms with Gasteiger partial charge in [0, 0.05) is 12.6 Å². The molecule has 1 amide bonds. The largest absolute Gasteiger partial charge is 1.00 e. The molecule has 0 saturated carbocycles. The maximum absolute atomic E-state index is 11.8. The van der Waals surface area contributed by atoms with Gasteiger partial charge in [-0.25, -0.2) is 4.79 Å². The van der Waals surface area contributed by atoms with E-state index in [1.165, 1.54) is 19.1 Å². The molecule has 21 heavy (non-hydrogen) atoms. The molecule has 2 N–H and O–H groups in total. The van der Waals surface area contributed by atoms with Crippen molar-refractivity contribution in [1.82, 2.24) is 0 Å². The minimum atomic E-state index is -0.643. The number of carbonyl (C=O) groups is 2. The van der Waals surface area contributed by atoms with Crippen molar-refractivity contribution in [2.75, 3.05) is 5.32 Å². The van der Waals surface area contributed by atoms with Crippen LogP contribution in [0.25, 0.3) is 0 Å². The Morgan fingerprint density at radius 3 is 2.29 bits per heavy atom. The molecule has 0 spiro atoms. The summed E-state index contributed by atoms with van der Waals surface area (Å²) in [6, 6.07) is 12.5. The normalized spacial score (nSPS) is 9.38. The molecule has 0 saturated heterocycles. The second-order valence-electron chi connectivity index (χ2n) is 4.11. The Balaban J connectivity index is 0.00000220. The van der Waals surface area contributed by atoms with Crippen molar-refractivity contribution in [3.8, 4) is 11.5 Å². The third kappa shape index (κ3) is 4.90. The maximum atomic E-state index is 11.8. The number of hydrogen-bond acceptors (Lipinski definition) is 4. The van der Waals surface area contributed by atoms with Crippen LogP contribution in [0.2, 0.25) is 0 Å². The van der Waals surface area contributed by atoms with Gasteiger partial charge < -0.3 is 16.6 Å². The first-order chi connectivity index (χ1) is 9.56. The molecule has 2 rings (SSSR count). The summed E-state index contributed by atoms with van der Waals surface area (Å²) < 4.78 is 5.13. The Morgan fingerprint density at radius 2 is 1.71 bits per heavy atom. The molecule has 0 fully saturated rings. The Morgan fingerprint density at radius 1 is 1.10 bits per heavy atom. The van der Waals surface area contributed by atoms with E-state index in [1.807, 2.05) is 0 Å². The fraction of sp³-hybridized carbons (Fsp3) is 0.0667. The van der Waals surface area contributed by atoms with Gasteiger partial charge in [-0.3, -0.25) is 4.79 Å². The monoisotopic (exact) mass is 295 g/mol. The molecular formula is C15H14NNaO4. The molecule has 5 nitrogen and oxygen atoms in total. The number of phenols is 1. The third-order valence-corrected chi connectivity index (χ3v) is 2.51. The van der Waals surface area contributed by atoms with Gasteiger partial charge >= 0.3 is 35.5 Å². The zero-order valence-corrected chi connectivity index (χ0v) is 13.8. The summed E-state index contributed by atoms with van der Waals surface area (Å²) in [5, 5.41) is 12.2. The molecule has 0 radical (unpaired) electrons. The Kier molecular flexibility index (Phi) is 6.42. The molecule has 0 heterocycles. The van der Waals surface area contributed by atoms with Crippen molar-refractivity contribution in [1.29, 1.82) is 0 Å². The molecule has 2 aromatic carbocycles. The van der Waals surface area contributed by atoms with Crippen LogP contribution in [-0.2, 0) is 4.79 Å². The summed E-state index contributed by atoms with van der Waals surface area (Å²) >= 11 is 0. The van der Waals surface area contributed by atoms with Crippen LogP contribution < -0.4 is 39.6 Å². The molecule has 0 bridgehead atoms. The molecule has 0 aliphatic rings. The fourth-order valence-corrected chi connectivity index (χ4v) is 1.62. The van der Waals surface area contributed by atoms with Gasteiger partial charge in [0.15, 0.2) is 0 Å². The molecule has 0 aromatic heterocycles. The Labute approximate surface area is 145 Å². The minimum absolute atomic E-state index is 0. The van der Waals surface area contributed by atoms with Gasteiger partial charge in [0.05, 0.1) is 0 Å². The van der Waals surface area contributed by atoms with E-state index >= 15 is 0 Å². The summed E-state index contributed by atoms with van der Waals surface area (Å²) in [7, 11) is 0.